The molecule has 0 unspecified atom stereocenters. The molecule has 0 aromatic heterocycles. The second-order valence-electron chi connectivity index (χ2n) is 6.34. The highest BCUT2D eigenvalue weighted by Crippen LogP contribution is 2.25. The van der Waals surface area contributed by atoms with Gasteiger partial charge in [0.05, 0.1) is 25.3 Å². The quantitative estimate of drug-likeness (QED) is 0.541. The van der Waals surface area contributed by atoms with E-state index in [1.54, 1.807) is 24.3 Å². The molecule has 0 radical (unpaired) electrons. The number of phenols is 1. The van der Waals surface area contributed by atoms with E-state index in [4.69, 9.17) is 4.74 Å². The highest BCUT2D eigenvalue weighted by atomic mass is 32.2. The molecule has 0 saturated carbocycles. The fraction of sp³-hybridized carbons (Fsp3) is 0.263. The Balaban J connectivity index is 2.12. The number of amides is 1. The molecule has 0 aliphatic carbocycles. The van der Waals surface area contributed by atoms with Crippen LogP contribution in [0, 0.1) is 13.8 Å². The summed E-state index contributed by atoms with van der Waals surface area (Å²) in [5.74, 6) is -0.333. The zero-order valence-corrected chi connectivity index (χ0v) is 16.9. The highest BCUT2D eigenvalue weighted by molar-refractivity contribution is 7.92. The molecule has 2 N–H and O–H groups in total. The van der Waals surface area contributed by atoms with Crippen molar-refractivity contribution in [2.45, 2.75) is 13.8 Å². The average molecular weight is 405 g/mol. The van der Waals surface area contributed by atoms with Crippen molar-refractivity contribution >= 4 is 27.8 Å². The van der Waals surface area contributed by atoms with Crippen molar-refractivity contribution < 1.29 is 23.1 Å². The lowest BCUT2D eigenvalue weighted by Gasteiger charge is -2.22. The molecule has 0 heterocycles. The van der Waals surface area contributed by atoms with E-state index in [9.17, 15) is 18.3 Å². The molecule has 8 nitrogen and oxygen atoms in total. The number of carbonyl (C=O) groups excluding carboxylic acids is 1. The summed E-state index contributed by atoms with van der Waals surface area (Å²) >= 11 is 0. The SMILES string of the molecule is COc1cc(/C=N\NC(=O)CN(c2cc(C)cc(C)c2)S(C)(=O)=O)ccc1O. The van der Waals surface area contributed by atoms with E-state index in [-0.39, 0.29) is 11.5 Å². The molecule has 0 aliphatic heterocycles. The molecular formula is C19H23N3O5S. The second-order valence-corrected chi connectivity index (χ2v) is 8.25. The van der Waals surface area contributed by atoms with Crippen LogP contribution in [0.15, 0.2) is 41.5 Å². The smallest absolute Gasteiger partial charge is 0.260 e. The summed E-state index contributed by atoms with van der Waals surface area (Å²) in [6.07, 6.45) is 2.41. The van der Waals surface area contributed by atoms with E-state index in [2.05, 4.69) is 10.5 Å². The fourth-order valence-electron chi connectivity index (χ4n) is 2.61. The Labute approximate surface area is 164 Å². The third kappa shape index (κ3) is 5.71. The Kier molecular flexibility index (Phi) is 6.63. The van der Waals surface area contributed by atoms with Crippen molar-refractivity contribution in [3.63, 3.8) is 0 Å². The van der Waals surface area contributed by atoms with Gasteiger partial charge in [0, 0.05) is 0 Å². The van der Waals surface area contributed by atoms with Crippen LogP contribution in [-0.2, 0) is 14.8 Å². The minimum atomic E-state index is -3.66. The van der Waals surface area contributed by atoms with Gasteiger partial charge in [-0.3, -0.25) is 9.10 Å². The molecule has 0 fully saturated rings. The van der Waals surface area contributed by atoms with Crippen molar-refractivity contribution in [3.05, 3.63) is 53.1 Å². The van der Waals surface area contributed by atoms with Crippen LogP contribution in [0.2, 0.25) is 0 Å². The normalized spacial score (nSPS) is 11.4. The number of benzene rings is 2. The van der Waals surface area contributed by atoms with Crippen LogP contribution < -0.4 is 14.5 Å². The molecule has 0 spiro atoms. The minimum Gasteiger partial charge on any atom is -0.504 e. The van der Waals surface area contributed by atoms with E-state index < -0.39 is 22.5 Å². The van der Waals surface area contributed by atoms with E-state index in [1.165, 1.54) is 19.4 Å². The maximum absolute atomic E-state index is 12.2. The van der Waals surface area contributed by atoms with Gasteiger partial charge in [-0.25, -0.2) is 13.8 Å². The zero-order valence-electron chi connectivity index (χ0n) is 16.1. The van der Waals surface area contributed by atoms with Crippen molar-refractivity contribution in [2.24, 2.45) is 5.10 Å². The van der Waals surface area contributed by atoms with Gasteiger partial charge in [-0.2, -0.15) is 5.10 Å². The minimum absolute atomic E-state index is 0.0130. The largest absolute Gasteiger partial charge is 0.504 e. The first-order valence-electron chi connectivity index (χ1n) is 8.35. The number of aromatic hydroxyl groups is 1. The summed E-state index contributed by atoms with van der Waals surface area (Å²) in [7, 11) is -2.24. The maximum Gasteiger partial charge on any atom is 0.260 e. The van der Waals surface area contributed by atoms with Gasteiger partial charge in [0.2, 0.25) is 10.0 Å². The van der Waals surface area contributed by atoms with Gasteiger partial charge in [0.15, 0.2) is 11.5 Å². The maximum atomic E-state index is 12.2. The lowest BCUT2D eigenvalue weighted by atomic mass is 10.1. The Hall–Kier alpha value is -3.07. The monoisotopic (exact) mass is 405 g/mol. The third-order valence-corrected chi connectivity index (χ3v) is 4.93. The van der Waals surface area contributed by atoms with Gasteiger partial charge in [-0.15, -0.1) is 0 Å². The van der Waals surface area contributed by atoms with E-state index in [0.717, 1.165) is 21.7 Å². The van der Waals surface area contributed by atoms with Crippen LogP contribution in [0.4, 0.5) is 5.69 Å². The van der Waals surface area contributed by atoms with Gasteiger partial charge in [-0.05, 0) is 60.9 Å². The number of methoxy groups -OCH3 is 1. The van der Waals surface area contributed by atoms with E-state index in [1.807, 2.05) is 19.9 Å². The number of ether oxygens (including phenoxy) is 1. The number of nitrogens with zero attached hydrogens (tertiary/aromatic N) is 2. The molecule has 9 heteroatoms. The number of aryl methyl sites for hydroxylation is 2. The Morgan fingerprint density at radius 2 is 1.86 bits per heavy atom. The van der Waals surface area contributed by atoms with Gasteiger partial charge in [0.1, 0.15) is 6.54 Å². The van der Waals surface area contributed by atoms with Crippen LogP contribution in [0.3, 0.4) is 0 Å². The number of hydrogen-bond donors (Lipinski definition) is 2. The first kappa shape index (κ1) is 21.2. The van der Waals surface area contributed by atoms with Crippen molar-refractivity contribution in [1.29, 1.82) is 0 Å². The van der Waals surface area contributed by atoms with Gasteiger partial charge in [-0.1, -0.05) is 6.07 Å². The average Bonchev–Trinajstić information content (AvgIpc) is 2.59. The second kappa shape index (κ2) is 8.75. The van der Waals surface area contributed by atoms with Crippen LogP contribution in [0.25, 0.3) is 0 Å². The summed E-state index contributed by atoms with van der Waals surface area (Å²) < 4.78 is 30.3. The molecule has 2 aromatic carbocycles. The highest BCUT2D eigenvalue weighted by Gasteiger charge is 2.21. The molecule has 0 atom stereocenters. The number of rotatable bonds is 7. The fourth-order valence-corrected chi connectivity index (χ4v) is 3.45. The van der Waals surface area contributed by atoms with Gasteiger partial charge in [0.25, 0.3) is 5.91 Å². The molecule has 0 saturated heterocycles. The molecule has 1 amide bonds. The van der Waals surface area contributed by atoms with Crippen molar-refractivity contribution in [2.75, 3.05) is 24.2 Å². The summed E-state index contributed by atoms with van der Waals surface area (Å²) in [5, 5.41) is 13.4. The van der Waals surface area contributed by atoms with Crippen molar-refractivity contribution in [1.82, 2.24) is 5.43 Å². The van der Waals surface area contributed by atoms with Gasteiger partial charge >= 0.3 is 0 Å². The molecular weight excluding hydrogens is 382 g/mol. The lowest BCUT2D eigenvalue weighted by Crippen LogP contribution is -2.39. The number of nitrogens with one attached hydrogen (secondary N) is 1. The Morgan fingerprint density at radius 3 is 2.43 bits per heavy atom. The predicted molar refractivity (Wildman–Crippen MR) is 109 cm³/mol. The summed E-state index contributed by atoms with van der Waals surface area (Å²) in [6.45, 7) is 3.30. The Bertz CT molecular complexity index is 982. The van der Waals surface area contributed by atoms with Crippen LogP contribution in [-0.4, -0.2) is 45.6 Å². The van der Waals surface area contributed by atoms with Gasteiger partial charge < -0.3 is 9.84 Å². The number of phenolic OH excluding ortho intramolecular Hbond substituents is 1. The zero-order chi connectivity index (χ0) is 20.9. The standard InChI is InChI=1S/C19H23N3O5S/c1-13-7-14(2)9-16(8-13)22(28(4,25)26)12-19(24)21-20-11-15-5-6-17(23)18(10-15)27-3/h5-11,23H,12H2,1-4H3,(H,21,24)/b20-11-. The number of carbonyl (C=O) groups is 1. The molecule has 28 heavy (non-hydrogen) atoms. The van der Waals surface area contributed by atoms with Crippen LogP contribution in [0.1, 0.15) is 16.7 Å². The Morgan fingerprint density at radius 1 is 1.21 bits per heavy atom. The van der Waals surface area contributed by atoms with Crippen LogP contribution >= 0.6 is 0 Å². The first-order chi connectivity index (χ1) is 13.1. The number of sulfonamides is 1. The third-order valence-electron chi connectivity index (χ3n) is 3.79. The van der Waals surface area contributed by atoms with Crippen molar-refractivity contribution in [3.8, 4) is 11.5 Å². The van der Waals surface area contributed by atoms with Crippen LogP contribution in [0.5, 0.6) is 11.5 Å². The number of hydrogen-bond acceptors (Lipinski definition) is 6. The summed E-state index contributed by atoms with van der Waals surface area (Å²) in [4.78, 5) is 12.2. The summed E-state index contributed by atoms with van der Waals surface area (Å²) in [6, 6.07) is 9.89. The van der Waals surface area contributed by atoms with E-state index >= 15 is 0 Å². The lowest BCUT2D eigenvalue weighted by molar-refractivity contribution is -0.119. The molecule has 2 aromatic rings. The number of anilines is 1. The van der Waals surface area contributed by atoms with E-state index in [0.29, 0.717) is 11.3 Å². The summed E-state index contributed by atoms with van der Waals surface area (Å²) in [5.41, 5.74) is 5.10. The molecule has 2 rings (SSSR count). The molecule has 0 bridgehead atoms. The number of hydrazone groups is 1. The topological polar surface area (TPSA) is 108 Å². The molecule has 150 valence electrons. The first-order valence-corrected chi connectivity index (χ1v) is 10.2. The molecule has 0 aliphatic rings. The predicted octanol–water partition coefficient (Wildman–Crippen LogP) is 1.93.